The van der Waals surface area contributed by atoms with Crippen LogP contribution in [0.25, 0.3) is 12.3 Å². The van der Waals surface area contributed by atoms with E-state index < -0.39 is 10.0 Å². The van der Waals surface area contributed by atoms with Gasteiger partial charge in [0, 0.05) is 23.7 Å². The summed E-state index contributed by atoms with van der Waals surface area (Å²) in [6.45, 7) is 1.75. The van der Waals surface area contributed by atoms with E-state index in [1.165, 1.54) is 29.0 Å². The molecule has 0 radical (unpaired) electrons. The van der Waals surface area contributed by atoms with Crippen LogP contribution in [0.3, 0.4) is 0 Å². The van der Waals surface area contributed by atoms with Gasteiger partial charge in [0.15, 0.2) is 11.5 Å². The van der Waals surface area contributed by atoms with E-state index in [-0.39, 0.29) is 45.2 Å². The summed E-state index contributed by atoms with van der Waals surface area (Å²) in [6.07, 6.45) is 5.22. The SMILES string of the molecule is CCc1c[nH]c(=O)n1/C=C/c1cc(NS(=O)(=O)c2cccs2)c2c(c1O)OCO2. The number of aromatic amines is 1. The highest BCUT2D eigenvalue weighted by molar-refractivity contribution is 7.94. The van der Waals surface area contributed by atoms with Crippen molar-refractivity contribution in [2.45, 2.75) is 17.6 Å². The Bertz CT molecular complexity index is 1240. The van der Waals surface area contributed by atoms with Gasteiger partial charge in [0.25, 0.3) is 10.0 Å². The first-order valence-electron chi connectivity index (χ1n) is 8.59. The molecule has 0 bridgehead atoms. The van der Waals surface area contributed by atoms with Crippen molar-refractivity contribution in [2.24, 2.45) is 0 Å². The zero-order valence-electron chi connectivity index (χ0n) is 15.2. The van der Waals surface area contributed by atoms with Gasteiger partial charge < -0.3 is 19.6 Å². The molecule has 9 nitrogen and oxygen atoms in total. The van der Waals surface area contributed by atoms with Gasteiger partial charge in [0.05, 0.1) is 5.69 Å². The van der Waals surface area contributed by atoms with Crippen LogP contribution in [0.1, 0.15) is 18.2 Å². The summed E-state index contributed by atoms with van der Waals surface area (Å²) in [4.78, 5) is 14.5. The molecule has 11 heteroatoms. The topological polar surface area (TPSA) is 123 Å². The van der Waals surface area contributed by atoms with Gasteiger partial charge in [-0.25, -0.2) is 13.2 Å². The molecule has 1 aliphatic rings. The van der Waals surface area contributed by atoms with Crippen molar-refractivity contribution in [2.75, 3.05) is 11.5 Å². The van der Waals surface area contributed by atoms with E-state index in [2.05, 4.69) is 9.71 Å². The molecule has 29 heavy (non-hydrogen) atoms. The smallest absolute Gasteiger partial charge is 0.329 e. The number of nitrogens with zero attached hydrogens (tertiary/aromatic N) is 1. The number of nitrogens with one attached hydrogen (secondary N) is 2. The van der Waals surface area contributed by atoms with E-state index in [9.17, 15) is 18.3 Å². The van der Waals surface area contributed by atoms with Crippen LogP contribution in [0.2, 0.25) is 0 Å². The van der Waals surface area contributed by atoms with Crippen LogP contribution in [0, 0.1) is 0 Å². The van der Waals surface area contributed by atoms with E-state index in [4.69, 9.17) is 9.47 Å². The number of hydrogen-bond donors (Lipinski definition) is 3. The van der Waals surface area contributed by atoms with Crippen molar-refractivity contribution < 1.29 is 23.0 Å². The highest BCUT2D eigenvalue weighted by atomic mass is 32.2. The van der Waals surface area contributed by atoms with Crippen LogP contribution in [0.4, 0.5) is 5.69 Å². The monoisotopic (exact) mass is 435 g/mol. The van der Waals surface area contributed by atoms with E-state index in [0.717, 1.165) is 17.0 Å². The molecule has 0 atom stereocenters. The van der Waals surface area contributed by atoms with Crippen molar-refractivity contribution in [3.63, 3.8) is 0 Å². The molecule has 3 heterocycles. The van der Waals surface area contributed by atoms with Gasteiger partial charge in [-0.2, -0.15) is 0 Å². The Morgan fingerprint density at radius 1 is 1.38 bits per heavy atom. The number of imidazole rings is 1. The highest BCUT2D eigenvalue weighted by Crippen LogP contribution is 2.48. The molecular weight excluding hydrogens is 418 g/mol. The maximum atomic E-state index is 12.6. The van der Waals surface area contributed by atoms with Crippen molar-refractivity contribution in [3.8, 4) is 17.2 Å². The number of ether oxygens (including phenoxy) is 2. The minimum Gasteiger partial charge on any atom is -0.504 e. The fourth-order valence-corrected chi connectivity index (χ4v) is 4.94. The quantitative estimate of drug-likeness (QED) is 0.512. The summed E-state index contributed by atoms with van der Waals surface area (Å²) < 4.78 is 39.9. The fraction of sp³-hybridized carbons (Fsp3) is 0.167. The number of aromatic hydroxyl groups is 1. The van der Waals surface area contributed by atoms with E-state index >= 15 is 0 Å². The summed E-state index contributed by atoms with van der Waals surface area (Å²) in [5, 5.41) is 12.2. The number of aryl methyl sites for hydroxylation is 1. The number of anilines is 1. The number of H-pyrrole nitrogens is 1. The molecule has 1 aromatic carbocycles. The molecule has 0 unspecified atom stereocenters. The minimum atomic E-state index is -3.83. The first kappa shape index (κ1) is 19.2. The molecule has 4 rings (SSSR count). The van der Waals surface area contributed by atoms with Crippen LogP contribution in [-0.2, 0) is 16.4 Å². The Morgan fingerprint density at radius 3 is 2.90 bits per heavy atom. The predicted molar refractivity (Wildman–Crippen MR) is 109 cm³/mol. The summed E-state index contributed by atoms with van der Waals surface area (Å²) in [7, 11) is -3.83. The maximum Gasteiger partial charge on any atom is 0.329 e. The number of aromatic nitrogens is 2. The van der Waals surface area contributed by atoms with Crippen LogP contribution in [0.15, 0.2) is 38.8 Å². The second-order valence-corrected chi connectivity index (χ2v) is 8.95. The third kappa shape index (κ3) is 3.49. The number of benzene rings is 1. The molecule has 0 amide bonds. The van der Waals surface area contributed by atoms with Crippen molar-refractivity contribution in [1.82, 2.24) is 9.55 Å². The standard InChI is InChI=1S/C18H17N3O6S2/c1-2-12-9-19-18(23)21(12)6-5-11-8-13(16-17(15(11)22)27-10-26-16)20-29(24,25)14-4-3-7-28-14/h3-9,20,22H,2,10H2,1H3,(H,19,23)/b6-5+. The number of rotatable bonds is 6. The molecule has 3 N–H and O–H groups in total. The lowest BCUT2D eigenvalue weighted by Gasteiger charge is -2.12. The molecule has 0 saturated carbocycles. The zero-order chi connectivity index (χ0) is 20.6. The summed E-state index contributed by atoms with van der Waals surface area (Å²) in [6, 6.07) is 4.54. The second-order valence-electron chi connectivity index (χ2n) is 6.09. The zero-order valence-corrected chi connectivity index (χ0v) is 16.8. The maximum absolute atomic E-state index is 12.6. The lowest BCUT2D eigenvalue weighted by atomic mass is 10.1. The number of fused-ring (bicyclic) bond motifs is 1. The van der Waals surface area contributed by atoms with Crippen molar-refractivity contribution >= 4 is 39.3 Å². The van der Waals surface area contributed by atoms with Crippen LogP contribution in [0.5, 0.6) is 17.2 Å². The molecule has 152 valence electrons. The number of phenols is 1. The van der Waals surface area contributed by atoms with Gasteiger partial charge in [-0.05, 0) is 30.0 Å². The molecular formula is C18H17N3O6S2. The van der Waals surface area contributed by atoms with Gasteiger partial charge in [-0.1, -0.05) is 13.0 Å². The normalized spacial score (nSPS) is 13.3. The second kappa shape index (κ2) is 7.33. The Balaban J connectivity index is 1.76. The highest BCUT2D eigenvalue weighted by Gasteiger charge is 2.27. The third-order valence-electron chi connectivity index (χ3n) is 4.31. The Hall–Kier alpha value is -3.18. The molecule has 0 fully saturated rings. The molecule has 0 spiro atoms. The Morgan fingerprint density at radius 2 is 2.17 bits per heavy atom. The first-order chi connectivity index (χ1) is 13.9. The summed E-state index contributed by atoms with van der Waals surface area (Å²) >= 11 is 1.08. The molecule has 0 aliphatic carbocycles. The van der Waals surface area contributed by atoms with Gasteiger partial charge in [0.2, 0.25) is 12.5 Å². The lowest BCUT2D eigenvalue weighted by Crippen LogP contribution is -2.13. The third-order valence-corrected chi connectivity index (χ3v) is 7.07. The summed E-state index contributed by atoms with van der Waals surface area (Å²) in [5.74, 6) is -0.0737. The van der Waals surface area contributed by atoms with E-state index in [0.29, 0.717) is 6.42 Å². The van der Waals surface area contributed by atoms with Gasteiger partial charge in [0.1, 0.15) is 4.21 Å². The number of thiophene rings is 1. The minimum absolute atomic E-state index is 0.0353. The van der Waals surface area contributed by atoms with Gasteiger partial charge in [-0.15, -0.1) is 11.3 Å². The van der Waals surface area contributed by atoms with E-state index in [1.54, 1.807) is 17.6 Å². The average molecular weight is 435 g/mol. The summed E-state index contributed by atoms with van der Waals surface area (Å²) in [5.41, 5.74) is 0.816. The average Bonchev–Trinajstić information content (AvgIpc) is 3.44. The van der Waals surface area contributed by atoms with Crippen molar-refractivity contribution in [3.05, 3.63) is 51.5 Å². The van der Waals surface area contributed by atoms with Gasteiger partial charge in [-0.3, -0.25) is 9.29 Å². The molecule has 0 saturated heterocycles. The first-order valence-corrected chi connectivity index (χ1v) is 11.0. The predicted octanol–water partition coefficient (Wildman–Crippen LogP) is 2.66. The fourth-order valence-electron chi connectivity index (χ4n) is 2.89. The van der Waals surface area contributed by atoms with Crippen LogP contribution < -0.4 is 19.9 Å². The number of sulfonamides is 1. The van der Waals surface area contributed by atoms with Gasteiger partial charge >= 0.3 is 5.69 Å². The number of phenolic OH excluding ortho intramolecular Hbond substituents is 1. The Kier molecular flexibility index (Phi) is 4.84. The number of hydrogen-bond acceptors (Lipinski definition) is 7. The molecule has 3 aromatic rings. The molecule has 2 aromatic heterocycles. The lowest BCUT2D eigenvalue weighted by molar-refractivity contribution is 0.171. The van der Waals surface area contributed by atoms with Crippen LogP contribution >= 0.6 is 11.3 Å². The molecule has 1 aliphatic heterocycles. The largest absolute Gasteiger partial charge is 0.504 e. The van der Waals surface area contributed by atoms with E-state index in [1.807, 2.05) is 6.92 Å². The van der Waals surface area contributed by atoms with Crippen molar-refractivity contribution in [1.29, 1.82) is 0 Å². The van der Waals surface area contributed by atoms with Crippen LogP contribution in [-0.4, -0.2) is 29.9 Å². The Labute approximate surface area is 169 Å².